The molecule has 1 aromatic heterocycles. The van der Waals surface area contributed by atoms with E-state index in [4.69, 9.17) is 4.74 Å². The van der Waals surface area contributed by atoms with Crippen molar-refractivity contribution in [2.45, 2.75) is 26.9 Å². The van der Waals surface area contributed by atoms with E-state index in [2.05, 4.69) is 36.3 Å². The molecule has 2 rings (SSSR count). The van der Waals surface area contributed by atoms with Crippen LogP contribution in [-0.4, -0.2) is 18.1 Å². The van der Waals surface area contributed by atoms with E-state index in [1.807, 2.05) is 18.2 Å². The quantitative estimate of drug-likeness (QED) is 0.788. The molecule has 0 spiro atoms. The van der Waals surface area contributed by atoms with Crippen molar-refractivity contribution in [2.24, 2.45) is 0 Å². The number of nitrogens with zero attached hydrogens (tertiary/aromatic N) is 1. The van der Waals surface area contributed by atoms with Crippen LogP contribution in [0.15, 0.2) is 30.3 Å². The van der Waals surface area contributed by atoms with E-state index in [-0.39, 0.29) is 0 Å². The third-order valence-electron chi connectivity index (χ3n) is 2.75. The van der Waals surface area contributed by atoms with E-state index in [0.29, 0.717) is 6.61 Å². The van der Waals surface area contributed by atoms with Crippen molar-refractivity contribution in [3.05, 3.63) is 35.9 Å². The third kappa shape index (κ3) is 2.99. The molecule has 0 bridgehead atoms. The number of ether oxygens (including phenoxy) is 1. The van der Waals surface area contributed by atoms with Crippen LogP contribution in [0.4, 0.5) is 5.82 Å². The van der Waals surface area contributed by atoms with Crippen LogP contribution in [0.2, 0.25) is 0 Å². The van der Waals surface area contributed by atoms with Crippen LogP contribution in [0.1, 0.15) is 25.8 Å². The van der Waals surface area contributed by atoms with Crippen molar-refractivity contribution in [1.82, 2.24) is 4.98 Å². The van der Waals surface area contributed by atoms with Crippen LogP contribution >= 0.6 is 0 Å². The van der Waals surface area contributed by atoms with Crippen LogP contribution in [0, 0.1) is 0 Å². The number of fused-ring (bicyclic) bond motifs is 1. The van der Waals surface area contributed by atoms with Crippen molar-refractivity contribution in [2.75, 3.05) is 18.5 Å². The fourth-order valence-corrected chi connectivity index (χ4v) is 1.92. The van der Waals surface area contributed by atoms with Gasteiger partial charge in [-0.3, -0.25) is 0 Å². The highest BCUT2D eigenvalue weighted by atomic mass is 16.5. The third-order valence-corrected chi connectivity index (χ3v) is 2.75. The summed E-state index contributed by atoms with van der Waals surface area (Å²) in [6, 6.07) is 10.3. The van der Waals surface area contributed by atoms with E-state index in [1.54, 1.807) is 0 Å². The van der Waals surface area contributed by atoms with Crippen molar-refractivity contribution >= 4 is 16.7 Å². The second kappa shape index (κ2) is 6.36. The van der Waals surface area contributed by atoms with Crippen molar-refractivity contribution in [3.8, 4) is 0 Å². The Labute approximate surface area is 108 Å². The Kier molecular flexibility index (Phi) is 4.53. The summed E-state index contributed by atoms with van der Waals surface area (Å²) in [5.74, 6) is 0.937. The normalized spacial score (nSPS) is 10.8. The molecular formula is C15H20N2O. The summed E-state index contributed by atoms with van der Waals surface area (Å²) in [4.78, 5) is 4.65. The zero-order valence-corrected chi connectivity index (χ0v) is 11.1. The van der Waals surface area contributed by atoms with Gasteiger partial charge in [0.1, 0.15) is 5.82 Å². The predicted octanol–water partition coefficient (Wildman–Crippen LogP) is 3.59. The lowest BCUT2D eigenvalue weighted by atomic mass is 10.1. The molecule has 2 aromatic rings. The molecule has 18 heavy (non-hydrogen) atoms. The second-order valence-electron chi connectivity index (χ2n) is 4.27. The minimum atomic E-state index is 0.619. The molecule has 1 heterocycles. The van der Waals surface area contributed by atoms with Crippen molar-refractivity contribution < 1.29 is 4.74 Å². The predicted molar refractivity (Wildman–Crippen MR) is 75.9 cm³/mol. The molecule has 0 atom stereocenters. The summed E-state index contributed by atoms with van der Waals surface area (Å²) >= 11 is 0. The lowest BCUT2D eigenvalue weighted by Crippen LogP contribution is -2.05. The Balaban J connectivity index is 2.31. The Morgan fingerprint density at radius 3 is 2.83 bits per heavy atom. The SMILES string of the molecule is CCCOCc1cc2ccccc2nc1NCC. The van der Waals surface area contributed by atoms with Crippen LogP contribution in [-0.2, 0) is 11.3 Å². The highest BCUT2D eigenvalue weighted by Gasteiger charge is 2.06. The number of benzene rings is 1. The van der Waals surface area contributed by atoms with Gasteiger partial charge in [0.25, 0.3) is 0 Å². The van der Waals surface area contributed by atoms with Gasteiger partial charge in [-0.25, -0.2) is 4.98 Å². The van der Waals surface area contributed by atoms with Crippen LogP contribution in [0.5, 0.6) is 0 Å². The minimum Gasteiger partial charge on any atom is -0.377 e. The Bertz CT molecular complexity index is 511. The minimum absolute atomic E-state index is 0.619. The molecule has 1 N–H and O–H groups in total. The molecule has 0 radical (unpaired) electrons. The van der Waals surface area contributed by atoms with Gasteiger partial charge in [0.15, 0.2) is 0 Å². The smallest absolute Gasteiger partial charge is 0.132 e. The van der Waals surface area contributed by atoms with E-state index in [1.165, 1.54) is 0 Å². The van der Waals surface area contributed by atoms with Gasteiger partial charge < -0.3 is 10.1 Å². The standard InChI is InChI=1S/C15H20N2O/c1-3-9-18-11-13-10-12-7-5-6-8-14(12)17-15(13)16-4-2/h5-8,10H,3-4,9,11H2,1-2H3,(H,16,17). The summed E-state index contributed by atoms with van der Waals surface area (Å²) in [5.41, 5.74) is 2.15. The number of para-hydroxylation sites is 1. The maximum absolute atomic E-state index is 5.62. The Hall–Kier alpha value is -1.61. The number of aromatic nitrogens is 1. The van der Waals surface area contributed by atoms with Gasteiger partial charge in [0, 0.05) is 24.1 Å². The molecule has 3 heteroatoms. The zero-order valence-electron chi connectivity index (χ0n) is 11.1. The maximum atomic E-state index is 5.62. The zero-order chi connectivity index (χ0) is 12.8. The van der Waals surface area contributed by atoms with Gasteiger partial charge in [0.05, 0.1) is 12.1 Å². The molecule has 0 amide bonds. The van der Waals surface area contributed by atoms with Gasteiger partial charge in [-0.05, 0) is 25.5 Å². The molecule has 0 aliphatic rings. The fraction of sp³-hybridized carbons (Fsp3) is 0.400. The summed E-state index contributed by atoms with van der Waals surface area (Å²) < 4.78 is 5.62. The average molecular weight is 244 g/mol. The number of hydrogen-bond acceptors (Lipinski definition) is 3. The highest BCUT2D eigenvalue weighted by Crippen LogP contribution is 2.21. The molecule has 0 aliphatic heterocycles. The first-order chi connectivity index (χ1) is 8.85. The van der Waals surface area contributed by atoms with Gasteiger partial charge in [-0.2, -0.15) is 0 Å². The molecular weight excluding hydrogens is 224 g/mol. The first-order valence-electron chi connectivity index (χ1n) is 6.55. The molecule has 0 unspecified atom stereocenters. The Morgan fingerprint density at radius 2 is 2.06 bits per heavy atom. The molecule has 0 saturated heterocycles. The second-order valence-corrected chi connectivity index (χ2v) is 4.27. The molecule has 3 nitrogen and oxygen atoms in total. The number of rotatable bonds is 6. The Morgan fingerprint density at radius 1 is 1.22 bits per heavy atom. The molecule has 0 saturated carbocycles. The summed E-state index contributed by atoms with van der Waals surface area (Å²) in [7, 11) is 0. The monoisotopic (exact) mass is 244 g/mol. The van der Waals surface area contributed by atoms with E-state index in [0.717, 1.165) is 41.9 Å². The van der Waals surface area contributed by atoms with Crippen LogP contribution in [0.25, 0.3) is 10.9 Å². The molecule has 0 fully saturated rings. The molecule has 0 aliphatic carbocycles. The van der Waals surface area contributed by atoms with Crippen LogP contribution in [0.3, 0.4) is 0 Å². The molecule has 1 aromatic carbocycles. The lowest BCUT2D eigenvalue weighted by Gasteiger charge is -2.11. The van der Waals surface area contributed by atoms with E-state index in [9.17, 15) is 0 Å². The largest absolute Gasteiger partial charge is 0.377 e. The van der Waals surface area contributed by atoms with Gasteiger partial charge >= 0.3 is 0 Å². The molecule has 96 valence electrons. The lowest BCUT2D eigenvalue weighted by molar-refractivity contribution is 0.122. The summed E-state index contributed by atoms with van der Waals surface area (Å²) in [5, 5.41) is 4.47. The number of pyridine rings is 1. The first-order valence-corrected chi connectivity index (χ1v) is 6.55. The van der Waals surface area contributed by atoms with Crippen molar-refractivity contribution in [3.63, 3.8) is 0 Å². The van der Waals surface area contributed by atoms with Crippen LogP contribution < -0.4 is 5.32 Å². The van der Waals surface area contributed by atoms with E-state index < -0.39 is 0 Å². The van der Waals surface area contributed by atoms with E-state index >= 15 is 0 Å². The van der Waals surface area contributed by atoms with Gasteiger partial charge in [0.2, 0.25) is 0 Å². The topological polar surface area (TPSA) is 34.1 Å². The summed E-state index contributed by atoms with van der Waals surface area (Å²) in [6.07, 6.45) is 1.04. The van der Waals surface area contributed by atoms with Gasteiger partial charge in [-0.1, -0.05) is 25.1 Å². The maximum Gasteiger partial charge on any atom is 0.132 e. The number of nitrogens with one attached hydrogen (secondary N) is 1. The number of hydrogen-bond donors (Lipinski definition) is 1. The number of anilines is 1. The van der Waals surface area contributed by atoms with Gasteiger partial charge in [-0.15, -0.1) is 0 Å². The van der Waals surface area contributed by atoms with Crippen molar-refractivity contribution in [1.29, 1.82) is 0 Å². The summed E-state index contributed by atoms with van der Waals surface area (Å²) in [6.45, 7) is 6.47. The first kappa shape index (κ1) is 12.8. The average Bonchev–Trinajstić information content (AvgIpc) is 2.40. The fourth-order valence-electron chi connectivity index (χ4n) is 1.92. The highest BCUT2D eigenvalue weighted by molar-refractivity contribution is 5.81.